The molecule has 2 rings (SSSR count). The maximum atomic E-state index is 5.96. The second kappa shape index (κ2) is 7.06. The second-order valence-corrected chi connectivity index (χ2v) is 4.98. The van der Waals surface area contributed by atoms with Crippen molar-refractivity contribution < 1.29 is 4.74 Å². The Balaban J connectivity index is 2.08. The molecular formula is C17H22N2O. The van der Waals surface area contributed by atoms with Gasteiger partial charge in [-0.25, -0.2) is 0 Å². The number of hydrogen-bond donors (Lipinski definition) is 1. The third-order valence-electron chi connectivity index (χ3n) is 3.23. The van der Waals surface area contributed by atoms with E-state index in [1.54, 1.807) is 12.4 Å². The maximum Gasteiger partial charge on any atom is 0.125 e. The first-order valence-corrected chi connectivity index (χ1v) is 7.03. The molecule has 0 aliphatic rings. The first-order chi connectivity index (χ1) is 9.70. The van der Waals surface area contributed by atoms with Gasteiger partial charge in [-0.2, -0.15) is 0 Å². The third-order valence-corrected chi connectivity index (χ3v) is 3.23. The van der Waals surface area contributed by atoms with E-state index in [0.717, 1.165) is 24.4 Å². The lowest BCUT2D eigenvalue weighted by Crippen LogP contribution is -2.12. The first kappa shape index (κ1) is 14.5. The molecule has 20 heavy (non-hydrogen) atoms. The Bertz CT molecular complexity index is 529. The average molecular weight is 270 g/mol. The van der Waals surface area contributed by atoms with E-state index in [1.807, 2.05) is 12.1 Å². The topological polar surface area (TPSA) is 34.1 Å². The van der Waals surface area contributed by atoms with Crippen molar-refractivity contribution in [1.29, 1.82) is 0 Å². The molecule has 1 N–H and O–H groups in total. The molecule has 0 aliphatic carbocycles. The van der Waals surface area contributed by atoms with Crippen LogP contribution in [0.4, 0.5) is 0 Å². The van der Waals surface area contributed by atoms with E-state index < -0.39 is 0 Å². The molecule has 1 aromatic carbocycles. The molecule has 2 aromatic rings. The lowest BCUT2D eigenvalue weighted by atomic mass is 10.1. The highest BCUT2D eigenvalue weighted by atomic mass is 16.5. The Morgan fingerprint density at radius 2 is 1.70 bits per heavy atom. The van der Waals surface area contributed by atoms with Crippen LogP contribution in [0, 0.1) is 13.8 Å². The van der Waals surface area contributed by atoms with E-state index in [0.29, 0.717) is 6.61 Å². The van der Waals surface area contributed by atoms with Crippen LogP contribution >= 0.6 is 0 Å². The summed E-state index contributed by atoms with van der Waals surface area (Å²) in [4.78, 5) is 4.01. The fourth-order valence-corrected chi connectivity index (χ4v) is 2.27. The van der Waals surface area contributed by atoms with Crippen LogP contribution in [-0.2, 0) is 13.2 Å². The highest BCUT2D eigenvalue weighted by molar-refractivity contribution is 5.43. The van der Waals surface area contributed by atoms with E-state index in [4.69, 9.17) is 4.74 Å². The second-order valence-electron chi connectivity index (χ2n) is 4.98. The number of benzene rings is 1. The molecule has 0 saturated carbocycles. The van der Waals surface area contributed by atoms with Crippen LogP contribution in [-0.4, -0.2) is 11.5 Å². The molecule has 0 atom stereocenters. The number of nitrogens with zero attached hydrogens (tertiary/aromatic N) is 1. The van der Waals surface area contributed by atoms with Crippen LogP contribution in [0.15, 0.2) is 36.7 Å². The minimum atomic E-state index is 0.580. The molecule has 0 radical (unpaired) electrons. The lowest BCUT2D eigenvalue weighted by Gasteiger charge is -2.14. The zero-order valence-corrected chi connectivity index (χ0v) is 12.4. The van der Waals surface area contributed by atoms with E-state index in [9.17, 15) is 0 Å². The van der Waals surface area contributed by atoms with Crippen molar-refractivity contribution in [3.05, 3.63) is 58.9 Å². The van der Waals surface area contributed by atoms with Gasteiger partial charge in [-0.1, -0.05) is 19.1 Å². The van der Waals surface area contributed by atoms with Gasteiger partial charge in [0.15, 0.2) is 0 Å². The molecule has 0 saturated heterocycles. The number of rotatable bonds is 6. The number of pyridine rings is 1. The van der Waals surface area contributed by atoms with Crippen molar-refractivity contribution in [3.8, 4) is 5.75 Å². The predicted octanol–water partition coefficient (Wildman–Crippen LogP) is 3.39. The van der Waals surface area contributed by atoms with E-state index in [-0.39, 0.29) is 0 Å². The third kappa shape index (κ3) is 3.81. The molecule has 0 fully saturated rings. The van der Waals surface area contributed by atoms with Crippen molar-refractivity contribution in [2.45, 2.75) is 33.9 Å². The largest absolute Gasteiger partial charge is 0.488 e. The van der Waals surface area contributed by atoms with Crippen LogP contribution in [0.25, 0.3) is 0 Å². The minimum absolute atomic E-state index is 0.580. The van der Waals surface area contributed by atoms with E-state index in [1.165, 1.54) is 16.7 Å². The molecule has 0 amide bonds. The summed E-state index contributed by atoms with van der Waals surface area (Å²) in [6.07, 6.45) is 3.58. The van der Waals surface area contributed by atoms with Crippen LogP contribution < -0.4 is 10.1 Å². The molecule has 3 nitrogen and oxygen atoms in total. The average Bonchev–Trinajstić information content (AvgIpc) is 2.45. The van der Waals surface area contributed by atoms with Gasteiger partial charge in [0.2, 0.25) is 0 Å². The predicted molar refractivity (Wildman–Crippen MR) is 81.9 cm³/mol. The monoisotopic (exact) mass is 270 g/mol. The number of aromatic nitrogens is 1. The van der Waals surface area contributed by atoms with Gasteiger partial charge < -0.3 is 10.1 Å². The Morgan fingerprint density at radius 1 is 1.05 bits per heavy atom. The Labute approximate surface area is 121 Å². The van der Waals surface area contributed by atoms with Gasteiger partial charge in [-0.05, 0) is 54.8 Å². The minimum Gasteiger partial charge on any atom is -0.488 e. The number of ether oxygens (including phenoxy) is 1. The molecule has 0 aliphatic heterocycles. The van der Waals surface area contributed by atoms with Gasteiger partial charge in [-0.15, -0.1) is 0 Å². The zero-order valence-electron chi connectivity index (χ0n) is 12.4. The summed E-state index contributed by atoms with van der Waals surface area (Å²) in [7, 11) is 0. The summed E-state index contributed by atoms with van der Waals surface area (Å²) >= 11 is 0. The van der Waals surface area contributed by atoms with Crippen molar-refractivity contribution >= 4 is 0 Å². The normalized spacial score (nSPS) is 10.6. The molecule has 1 aromatic heterocycles. The van der Waals surface area contributed by atoms with Gasteiger partial charge in [0.25, 0.3) is 0 Å². The molecule has 0 spiro atoms. The molecule has 0 unspecified atom stereocenters. The number of aryl methyl sites for hydroxylation is 2. The van der Waals surface area contributed by atoms with Gasteiger partial charge in [0.05, 0.1) is 0 Å². The first-order valence-electron chi connectivity index (χ1n) is 7.03. The van der Waals surface area contributed by atoms with Crippen molar-refractivity contribution in [2.75, 3.05) is 6.54 Å². The summed E-state index contributed by atoms with van der Waals surface area (Å²) in [6, 6.07) is 8.34. The van der Waals surface area contributed by atoms with Gasteiger partial charge in [0, 0.05) is 18.9 Å². The van der Waals surface area contributed by atoms with Gasteiger partial charge >= 0.3 is 0 Å². The summed E-state index contributed by atoms with van der Waals surface area (Å²) in [5.74, 6) is 0.988. The number of hydrogen-bond acceptors (Lipinski definition) is 3. The molecule has 0 bridgehead atoms. The summed E-state index contributed by atoms with van der Waals surface area (Å²) in [5, 5.41) is 3.35. The van der Waals surface area contributed by atoms with Gasteiger partial charge in [-0.3, -0.25) is 4.98 Å². The van der Waals surface area contributed by atoms with Crippen molar-refractivity contribution in [2.24, 2.45) is 0 Å². The van der Waals surface area contributed by atoms with E-state index >= 15 is 0 Å². The SMILES string of the molecule is CCNCc1cc(C)c(OCc2ccncc2)c(C)c1. The smallest absolute Gasteiger partial charge is 0.125 e. The van der Waals surface area contributed by atoms with Crippen LogP contribution in [0.3, 0.4) is 0 Å². The quantitative estimate of drug-likeness (QED) is 0.873. The van der Waals surface area contributed by atoms with Gasteiger partial charge in [0.1, 0.15) is 12.4 Å². The van der Waals surface area contributed by atoms with Crippen molar-refractivity contribution in [1.82, 2.24) is 10.3 Å². The maximum absolute atomic E-state index is 5.96. The summed E-state index contributed by atoms with van der Waals surface area (Å²) in [6.45, 7) is 8.79. The van der Waals surface area contributed by atoms with Crippen molar-refractivity contribution in [3.63, 3.8) is 0 Å². The molecule has 106 valence electrons. The summed E-state index contributed by atoms with van der Waals surface area (Å²) < 4.78 is 5.96. The van der Waals surface area contributed by atoms with Crippen LogP contribution in [0.1, 0.15) is 29.2 Å². The molecule has 1 heterocycles. The Kier molecular flexibility index (Phi) is 5.13. The number of nitrogens with one attached hydrogen (secondary N) is 1. The fourth-order valence-electron chi connectivity index (χ4n) is 2.27. The van der Waals surface area contributed by atoms with Crippen LogP contribution in [0.2, 0.25) is 0 Å². The highest BCUT2D eigenvalue weighted by Gasteiger charge is 2.06. The fraction of sp³-hybridized carbons (Fsp3) is 0.353. The van der Waals surface area contributed by atoms with Crippen LogP contribution in [0.5, 0.6) is 5.75 Å². The highest BCUT2D eigenvalue weighted by Crippen LogP contribution is 2.25. The Morgan fingerprint density at radius 3 is 2.30 bits per heavy atom. The molecular weight excluding hydrogens is 248 g/mol. The lowest BCUT2D eigenvalue weighted by molar-refractivity contribution is 0.301. The Hall–Kier alpha value is -1.87. The van der Waals surface area contributed by atoms with E-state index in [2.05, 4.69) is 43.2 Å². The standard InChI is InChI=1S/C17H22N2O/c1-4-18-11-16-9-13(2)17(14(3)10-16)20-12-15-5-7-19-8-6-15/h5-10,18H,4,11-12H2,1-3H3. The molecule has 3 heteroatoms. The zero-order chi connectivity index (χ0) is 14.4. The summed E-state index contributed by atoms with van der Waals surface area (Å²) in [5.41, 5.74) is 4.81.